The van der Waals surface area contributed by atoms with Crippen molar-refractivity contribution in [2.75, 3.05) is 33.7 Å². The van der Waals surface area contributed by atoms with Crippen LogP contribution < -0.4 is 0 Å². The summed E-state index contributed by atoms with van der Waals surface area (Å²) in [4.78, 5) is 4.52. The molecule has 0 amide bonds. The third kappa shape index (κ3) is 2.95. The lowest BCUT2D eigenvalue weighted by atomic mass is 10.0. The van der Waals surface area contributed by atoms with Crippen molar-refractivity contribution in [1.82, 2.24) is 9.80 Å². The number of likely N-dealkylation sites (N-methyl/N-ethyl adjacent to an activating group) is 2. The molecular formula is C16H21FN2O2. The van der Waals surface area contributed by atoms with E-state index in [2.05, 4.69) is 23.9 Å². The smallest absolute Gasteiger partial charge is 0.170 e. The molecule has 4 nitrogen and oxygen atoms in total. The van der Waals surface area contributed by atoms with E-state index in [1.165, 1.54) is 6.07 Å². The Hall–Kier alpha value is -1.43. The maximum absolute atomic E-state index is 13.6. The minimum absolute atomic E-state index is 0.223. The van der Waals surface area contributed by atoms with Crippen LogP contribution in [-0.2, 0) is 0 Å². The third-order valence-electron chi connectivity index (χ3n) is 4.32. The summed E-state index contributed by atoms with van der Waals surface area (Å²) in [7, 11) is 4.16. The number of benzene rings is 1. The number of para-hydroxylation sites is 1. The fraction of sp³-hybridized carbons (Fsp3) is 0.500. The summed E-state index contributed by atoms with van der Waals surface area (Å²) in [5.74, 6) is 0.0530. The number of nitrogens with zero attached hydrogens (tertiary/aromatic N) is 2. The number of aliphatic hydroxyl groups is 1. The summed E-state index contributed by atoms with van der Waals surface area (Å²) in [5.41, 5.74) is 0.223. The average Bonchev–Trinajstić information content (AvgIpc) is 2.88. The van der Waals surface area contributed by atoms with Crippen LogP contribution in [0.1, 0.15) is 18.3 Å². The molecule has 1 aromatic heterocycles. The Morgan fingerprint density at radius 2 is 2.19 bits per heavy atom. The number of furan rings is 1. The van der Waals surface area contributed by atoms with Crippen LogP contribution in [0.4, 0.5) is 4.39 Å². The number of hydrogen-bond donors (Lipinski definition) is 1. The Kier molecular flexibility index (Phi) is 3.97. The highest BCUT2D eigenvalue weighted by molar-refractivity contribution is 5.78. The molecule has 0 saturated carbocycles. The van der Waals surface area contributed by atoms with E-state index < -0.39 is 6.10 Å². The quantitative estimate of drug-likeness (QED) is 0.942. The van der Waals surface area contributed by atoms with Crippen LogP contribution >= 0.6 is 0 Å². The Morgan fingerprint density at radius 3 is 2.95 bits per heavy atom. The molecule has 3 rings (SSSR count). The molecule has 2 unspecified atom stereocenters. The van der Waals surface area contributed by atoms with Crippen LogP contribution in [0.5, 0.6) is 0 Å². The lowest BCUT2D eigenvalue weighted by molar-refractivity contribution is 0.0554. The molecule has 114 valence electrons. The van der Waals surface area contributed by atoms with E-state index in [-0.39, 0.29) is 17.4 Å². The van der Waals surface area contributed by atoms with Crippen LogP contribution in [0.2, 0.25) is 0 Å². The molecule has 0 bridgehead atoms. The number of piperazine rings is 1. The predicted octanol–water partition coefficient (Wildman–Crippen LogP) is 2.24. The molecule has 0 spiro atoms. The van der Waals surface area contributed by atoms with Gasteiger partial charge < -0.3 is 19.3 Å². The lowest BCUT2D eigenvalue weighted by Crippen LogP contribution is -2.50. The highest BCUT2D eigenvalue weighted by atomic mass is 19.1. The highest BCUT2D eigenvalue weighted by Crippen LogP contribution is 2.29. The second-order valence-electron chi connectivity index (χ2n) is 5.96. The summed E-state index contributed by atoms with van der Waals surface area (Å²) in [5, 5.41) is 11.1. The number of aliphatic hydroxyl groups excluding tert-OH is 1. The molecule has 1 saturated heterocycles. The minimum atomic E-state index is -0.712. The fourth-order valence-corrected chi connectivity index (χ4v) is 2.94. The van der Waals surface area contributed by atoms with E-state index in [0.717, 1.165) is 19.6 Å². The van der Waals surface area contributed by atoms with E-state index in [1.54, 1.807) is 18.2 Å². The minimum Gasteiger partial charge on any atom is -0.455 e. The van der Waals surface area contributed by atoms with Crippen LogP contribution in [-0.4, -0.2) is 54.7 Å². The van der Waals surface area contributed by atoms with Crippen molar-refractivity contribution in [2.24, 2.45) is 0 Å². The summed E-state index contributed by atoms with van der Waals surface area (Å²) in [6, 6.07) is 6.81. The van der Waals surface area contributed by atoms with E-state index >= 15 is 0 Å². The van der Waals surface area contributed by atoms with E-state index in [4.69, 9.17) is 4.42 Å². The first-order valence-corrected chi connectivity index (χ1v) is 7.29. The van der Waals surface area contributed by atoms with Crippen molar-refractivity contribution in [3.8, 4) is 0 Å². The van der Waals surface area contributed by atoms with Gasteiger partial charge in [0, 0.05) is 31.1 Å². The van der Waals surface area contributed by atoms with Crippen LogP contribution in [0, 0.1) is 5.82 Å². The highest BCUT2D eigenvalue weighted by Gasteiger charge is 2.26. The zero-order valence-corrected chi connectivity index (χ0v) is 12.4. The van der Waals surface area contributed by atoms with E-state index in [1.807, 2.05) is 0 Å². The first-order valence-electron chi connectivity index (χ1n) is 7.29. The van der Waals surface area contributed by atoms with Crippen molar-refractivity contribution in [2.45, 2.75) is 18.6 Å². The number of rotatable bonds is 3. The van der Waals surface area contributed by atoms with Gasteiger partial charge in [-0.1, -0.05) is 12.1 Å². The first kappa shape index (κ1) is 14.5. The van der Waals surface area contributed by atoms with Crippen molar-refractivity contribution < 1.29 is 13.9 Å². The van der Waals surface area contributed by atoms with Gasteiger partial charge in [0.05, 0.1) is 0 Å². The third-order valence-corrected chi connectivity index (χ3v) is 4.32. The van der Waals surface area contributed by atoms with Crippen LogP contribution in [0.25, 0.3) is 11.0 Å². The van der Waals surface area contributed by atoms with Gasteiger partial charge in [-0.25, -0.2) is 4.39 Å². The van der Waals surface area contributed by atoms with Crippen molar-refractivity contribution in [3.05, 3.63) is 35.8 Å². The topological polar surface area (TPSA) is 39.9 Å². The summed E-state index contributed by atoms with van der Waals surface area (Å²) < 4.78 is 19.2. The van der Waals surface area contributed by atoms with Crippen molar-refractivity contribution in [1.29, 1.82) is 0 Å². The molecule has 21 heavy (non-hydrogen) atoms. The molecule has 1 aliphatic rings. The number of fused-ring (bicyclic) bond motifs is 1. The Bertz CT molecular complexity index is 628. The average molecular weight is 292 g/mol. The molecule has 1 N–H and O–H groups in total. The van der Waals surface area contributed by atoms with Gasteiger partial charge in [-0.2, -0.15) is 0 Å². The van der Waals surface area contributed by atoms with Gasteiger partial charge in [0.2, 0.25) is 0 Å². The largest absolute Gasteiger partial charge is 0.455 e. The predicted molar refractivity (Wildman–Crippen MR) is 79.7 cm³/mol. The molecule has 0 aliphatic carbocycles. The van der Waals surface area contributed by atoms with Gasteiger partial charge in [-0.15, -0.1) is 0 Å². The molecule has 2 atom stereocenters. The second kappa shape index (κ2) is 5.75. The molecule has 5 heteroatoms. The standard InChI is InChI=1S/C16H21FN2O2/c1-18-6-7-19(2)12(10-18)9-14(20)15-8-11-4-3-5-13(17)16(11)21-15/h3-5,8,12,14,20H,6-7,9-10H2,1-2H3. The van der Waals surface area contributed by atoms with Gasteiger partial charge in [-0.3, -0.25) is 0 Å². The van der Waals surface area contributed by atoms with E-state index in [9.17, 15) is 9.50 Å². The summed E-state index contributed by atoms with van der Waals surface area (Å²) >= 11 is 0. The van der Waals surface area contributed by atoms with Crippen LogP contribution in [0.15, 0.2) is 28.7 Å². The van der Waals surface area contributed by atoms with Gasteiger partial charge in [0.25, 0.3) is 0 Å². The van der Waals surface area contributed by atoms with Crippen LogP contribution in [0.3, 0.4) is 0 Å². The molecule has 0 radical (unpaired) electrons. The van der Waals surface area contributed by atoms with Gasteiger partial charge in [0.1, 0.15) is 11.9 Å². The molecule has 2 aromatic rings. The molecular weight excluding hydrogens is 271 g/mol. The zero-order chi connectivity index (χ0) is 15.0. The maximum atomic E-state index is 13.6. The molecule has 1 fully saturated rings. The SMILES string of the molecule is CN1CCN(C)C(CC(O)c2cc3cccc(F)c3o2)C1. The molecule has 1 aliphatic heterocycles. The molecule has 1 aromatic carbocycles. The number of hydrogen-bond acceptors (Lipinski definition) is 4. The van der Waals surface area contributed by atoms with Gasteiger partial charge in [0.15, 0.2) is 11.4 Å². The molecule has 2 heterocycles. The summed E-state index contributed by atoms with van der Waals surface area (Å²) in [6.07, 6.45) is -0.127. The Balaban J connectivity index is 1.77. The van der Waals surface area contributed by atoms with Crippen molar-refractivity contribution >= 4 is 11.0 Å². The van der Waals surface area contributed by atoms with E-state index in [0.29, 0.717) is 17.6 Å². The Morgan fingerprint density at radius 1 is 1.38 bits per heavy atom. The monoisotopic (exact) mass is 292 g/mol. The number of halogens is 1. The first-order chi connectivity index (χ1) is 10.0. The van der Waals surface area contributed by atoms with Crippen molar-refractivity contribution in [3.63, 3.8) is 0 Å². The summed E-state index contributed by atoms with van der Waals surface area (Å²) in [6.45, 7) is 2.95. The van der Waals surface area contributed by atoms with Gasteiger partial charge >= 0.3 is 0 Å². The normalized spacial score (nSPS) is 22.8. The maximum Gasteiger partial charge on any atom is 0.170 e. The zero-order valence-electron chi connectivity index (χ0n) is 12.4. The Labute approximate surface area is 123 Å². The second-order valence-corrected chi connectivity index (χ2v) is 5.96. The lowest BCUT2D eigenvalue weighted by Gasteiger charge is -2.38. The van der Waals surface area contributed by atoms with Gasteiger partial charge in [-0.05, 0) is 32.6 Å². The fourth-order valence-electron chi connectivity index (χ4n) is 2.94.